The van der Waals surface area contributed by atoms with Crippen molar-refractivity contribution in [3.63, 3.8) is 0 Å². The van der Waals surface area contributed by atoms with Gasteiger partial charge in [0.05, 0.1) is 22.4 Å². The lowest BCUT2D eigenvalue weighted by Gasteiger charge is -2.22. The van der Waals surface area contributed by atoms with E-state index in [1.807, 2.05) is 0 Å². The number of amidine groups is 1. The number of aromatic carboxylic acids is 1. The Hall–Kier alpha value is -4.31. The Labute approximate surface area is 297 Å². The number of likely N-dealkylation sites (tertiary alicyclic amines) is 3. The van der Waals surface area contributed by atoms with Crippen molar-refractivity contribution in [1.82, 2.24) is 36.0 Å². The number of fused-ring (bicyclic) bond motifs is 3. The third-order valence-electron chi connectivity index (χ3n) is 10.4. The van der Waals surface area contributed by atoms with Crippen molar-refractivity contribution in [1.29, 1.82) is 0 Å². The predicted molar refractivity (Wildman–Crippen MR) is 200 cm³/mol. The highest BCUT2D eigenvalue weighted by molar-refractivity contribution is 6.30. The summed E-state index contributed by atoms with van der Waals surface area (Å²) in [6.45, 7) is 10.3. The van der Waals surface area contributed by atoms with E-state index in [-0.39, 0.29) is 49.8 Å². The molecule has 51 heavy (non-hydrogen) atoms. The highest BCUT2D eigenvalue weighted by Gasteiger charge is 2.32. The topological polar surface area (TPSA) is 201 Å². The zero-order valence-electron chi connectivity index (χ0n) is 29.5. The van der Waals surface area contributed by atoms with Crippen molar-refractivity contribution in [2.75, 3.05) is 83.9 Å². The van der Waals surface area contributed by atoms with Crippen molar-refractivity contribution in [2.24, 2.45) is 10.8 Å². The van der Waals surface area contributed by atoms with Crippen LogP contribution in [0, 0.1) is 0 Å². The molecule has 15 heteroatoms. The largest absolute Gasteiger partial charge is 0.478 e. The minimum atomic E-state index is -1.38. The molecular weight excluding hydrogens is 652 g/mol. The van der Waals surface area contributed by atoms with E-state index in [4.69, 9.17) is 5.73 Å². The van der Waals surface area contributed by atoms with Crippen molar-refractivity contribution in [3.8, 4) is 0 Å². The maximum Gasteiger partial charge on any atom is 0.338 e. The van der Waals surface area contributed by atoms with Crippen molar-refractivity contribution < 1.29 is 14.7 Å². The molecule has 276 valence electrons. The molecule has 4 aromatic rings. The Morgan fingerprint density at radius 3 is 1.75 bits per heavy atom. The number of amides is 1. The molecule has 15 nitrogen and oxygen atoms in total. The van der Waals surface area contributed by atoms with E-state index in [1.54, 1.807) is 0 Å². The zero-order chi connectivity index (χ0) is 35.7. The summed E-state index contributed by atoms with van der Waals surface area (Å²) in [6, 6.07) is 2.95. The molecule has 1 amide bonds. The summed E-state index contributed by atoms with van der Waals surface area (Å²) < 4.78 is 0. The molecule has 3 aliphatic heterocycles. The molecule has 0 aliphatic carbocycles. The molecule has 0 saturated carbocycles. The Morgan fingerprint density at radius 2 is 1.22 bits per heavy atom. The number of hydrazine groups is 1. The molecular formula is C36H52N10O5. The number of nitrogens with one attached hydrogen (secondary N) is 5. The Morgan fingerprint density at radius 1 is 0.725 bits per heavy atom. The van der Waals surface area contributed by atoms with Crippen LogP contribution in [-0.4, -0.2) is 121 Å². The van der Waals surface area contributed by atoms with Crippen molar-refractivity contribution >= 4 is 44.9 Å². The highest BCUT2D eigenvalue weighted by atomic mass is 16.4. The number of nitrogens with zero attached hydrogens (tertiary/aromatic N) is 4. The maximum absolute atomic E-state index is 14.1. The first kappa shape index (κ1) is 36.5. The first-order valence-electron chi connectivity index (χ1n) is 18.6. The fourth-order valence-corrected chi connectivity index (χ4v) is 7.82. The molecule has 3 saturated heterocycles. The average molecular weight is 705 g/mol. The number of carbonyl (C=O) groups excluding carboxylic acids is 1. The molecule has 0 atom stereocenters. The van der Waals surface area contributed by atoms with Gasteiger partial charge in [-0.15, -0.1) is 0 Å². The van der Waals surface area contributed by atoms with E-state index in [2.05, 4.69) is 46.4 Å². The van der Waals surface area contributed by atoms with E-state index in [1.165, 1.54) is 37.8 Å². The van der Waals surface area contributed by atoms with E-state index >= 15 is 0 Å². The number of carbonyl (C=O) groups is 2. The summed E-state index contributed by atoms with van der Waals surface area (Å²) in [6.07, 6.45) is 9.39. The second-order valence-corrected chi connectivity index (χ2v) is 13.9. The summed E-state index contributed by atoms with van der Waals surface area (Å²) in [4.78, 5) is 63.7. The van der Waals surface area contributed by atoms with Crippen molar-refractivity contribution in [3.05, 3.63) is 49.5 Å². The van der Waals surface area contributed by atoms with Gasteiger partial charge in [0, 0.05) is 41.2 Å². The fourth-order valence-electron chi connectivity index (χ4n) is 7.82. The summed E-state index contributed by atoms with van der Waals surface area (Å²) in [5.41, 5.74) is 13.6. The number of hydrazone groups is 1. The van der Waals surface area contributed by atoms with Crippen LogP contribution in [0.3, 0.4) is 0 Å². The third kappa shape index (κ3) is 8.60. The molecule has 0 radical (unpaired) electrons. The van der Waals surface area contributed by atoms with E-state index < -0.39 is 23.0 Å². The van der Waals surface area contributed by atoms with Crippen LogP contribution in [0.1, 0.15) is 84.1 Å². The van der Waals surface area contributed by atoms with Crippen LogP contribution in [0.5, 0.6) is 0 Å². The molecule has 2 aromatic heterocycles. The number of nitrogens with two attached hydrogens (primary N) is 1. The normalized spacial score (nSPS) is 17.6. The third-order valence-corrected chi connectivity index (χ3v) is 10.4. The SMILES string of the molecule is NC(=NNCCCN1CCCC1)c1c(NCCCN2CCCC2)c(C(=O)O)c(C(=O)NNCCCN2CCCC2)c2c3ccc(c(=O)[nH]c3=O)c12. The summed E-state index contributed by atoms with van der Waals surface area (Å²) in [5, 5.41) is 18.9. The molecule has 8 N–H and O–H groups in total. The summed E-state index contributed by atoms with van der Waals surface area (Å²) >= 11 is 0. The van der Waals surface area contributed by atoms with Crippen LogP contribution in [-0.2, 0) is 0 Å². The second kappa shape index (κ2) is 17.3. The number of carboxylic acid groups (broad SMARTS) is 1. The van der Waals surface area contributed by atoms with Gasteiger partial charge in [0.1, 0.15) is 0 Å². The van der Waals surface area contributed by atoms with Crippen LogP contribution < -0.4 is 38.4 Å². The van der Waals surface area contributed by atoms with Gasteiger partial charge in [-0.2, -0.15) is 5.10 Å². The standard InChI is InChI=1S/C36H52N10O5/c37-32(42-39-13-8-22-45-17-3-4-18-45)29-27-25-11-10-24(33(47)41-34(25)48)26(27)28(35(49)43-40-14-9-23-46-19-5-6-20-46)30(36(50)51)31(29)38-12-7-21-44-15-1-2-16-44/h10-11,38-40H,1-9,12-23H2,(H2,37,42)(H,43,49)(H,50,51)(H,41,47,48). The minimum Gasteiger partial charge on any atom is -0.478 e. The van der Waals surface area contributed by atoms with E-state index in [0.29, 0.717) is 26.1 Å². The number of aromatic amines is 1. The predicted octanol–water partition coefficient (Wildman–Crippen LogP) is 1.49. The smallest absolute Gasteiger partial charge is 0.338 e. The van der Waals surface area contributed by atoms with Gasteiger partial charge in [0.2, 0.25) is 0 Å². The monoisotopic (exact) mass is 704 g/mol. The summed E-state index contributed by atoms with van der Waals surface area (Å²) in [5.74, 6) is -2.17. The lowest BCUT2D eigenvalue weighted by molar-refractivity contribution is 0.0692. The number of anilines is 1. The van der Waals surface area contributed by atoms with E-state index in [0.717, 1.165) is 84.6 Å². The number of hydrogen-bond donors (Lipinski definition) is 7. The highest BCUT2D eigenvalue weighted by Crippen LogP contribution is 2.38. The summed E-state index contributed by atoms with van der Waals surface area (Å²) in [7, 11) is 0. The first-order chi connectivity index (χ1) is 24.8. The molecule has 5 heterocycles. The number of hydrogen-bond acceptors (Lipinski definition) is 11. The molecule has 2 aromatic carbocycles. The van der Waals surface area contributed by atoms with Crippen LogP contribution in [0.4, 0.5) is 5.69 Å². The second-order valence-electron chi connectivity index (χ2n) is 13.9. The average Bonchev–Trinajstić information content (AvgIpc) is 3.92. The van der Waals surface area contributed by atoms with E-state index in [9.17, 15) is 24.3 Å². The molecule has 0 unspecified atom stereocenters. The number of aromatic nitrogens is 1. The van der Waals surface area contributed by atoms with Gasteiger partial charge in [0.25, 0.3) is 17.0 Å². The van der Waals surface area contributed by atoms with Gasteiger partial charge in [-0.05, 0) is 129 Å². The zero-order valence-corrected chi connectivity index (χ0v) is 29.5. The van der Waals surface area contributed by atoms with Gasteiger partial charge in [0.15, 0.2) is 5.84 Å². The number of carboxylic acids is 1. The number of benzene rings is 2. The van der Waals surface area contributed by atoms with Crippen LogP contribution in [0.15, 0.2) is 26.8 Å². The molecule has 0 spiro atoms. The lowest BCUT2D eigenvalue weighted by atomic mass is 9.88. The fraction of sp³-hybridized carbons (Fsp3) is 0.583. The van der Waals surface area contributed by atoms with Crippen molar-refractivity contribution in [2.45, 2.75) is 57.8 Å². The first-order valence-corrected chi connectivity index (χ1v) is 18.6. The number of H-pyrrole nitrogens is 1. The van der Waals surface area contributed by atoms with Gasteiger partial charge in [-0.1, -0.05) is 0 Å². The molecule has 2 bridgehead atoms. The quantitative estimate of drug-likeness (QED) is 0.0436. The van der Waals surface area contributed by atoms with Crippen LogP contribution in [0.2, 0.25) is 0 Å². The maximum atomic E-state index is 14.1. The molecule has 7 rings (SSSR count). The number of rotatable bonds is 18. The van der Waals surface area contributed by atoms with Crippen LogP contribution in [0.25, 0.3) is 21.5 Å². The Kier molecular flexibility index (Phi) is 12.4. The van der Waals surface area contributed by atoms with Gasteiger partial charge >= 0.3 is 5.97 Å². The Balaban J connectivity index is 1.39. The van der Waals surface area contributed by atoms with Gasteiger partial charge in [-0.25, -0.2) is 10.2 Å². The van der Waals surface area contributed by atoms with Crippen LogP contribution >= 0.6 is 0 Å². The minimum absolute atomic E-state index is 0.00510. The lowest BCUT2D eigenvalue weighted by Crippen LogP contribution is -2.40. The van der Waals surface area contributed by atoms with Gasteiger partial charge in [-0.3, -0.25) is 24.8 Å². The Bertz CT molecular complexity index is 1830. The molecule has 3 fully saturated rings. The van der Waals surface area contributed by atoms with Gasteiger partial charge < -0.3 is 36.3 Å². The molecule has 3 aliphatic rings.